The molecule has 1 atom stereocenters. The van der Waals surface area contributed by atoms with Gasteiger partial charge in [-0.25, -0.2) is 8.42 Å². The maximum atomic E-state index is 13.2. The summed E-state index contributed by atoms with van der Waals surface area (Å²) < 4.78 is 27.9. The lowest BCUT2D eigenvalue weighted by molar-refractivity contribution is -0.142. The van der Waals surface area contributed by atoms with Gasteiger partial charge in [-0.05, 0) is 69.7 Å². The number of nitrogens with zero attached hydrogens (tertiary/aromatic N) is 1. The van der Waals surface area contributed by atoms with Crippen LogP contribution in [0.15, 0.2) is 11.0 Å². The minimum absolute atomic E-state index is 0.244. The molecule has 8 heteroatoms. The van der Waals surface area contributed by atoms with E-state index in [2.05, 4.69) is 5.32 Å². The highest BCUT2D eigenvalue weighted by Crippen LogP contribution is 2.31. The Labute approximate surface area is 160 Å². The topological polar surface area (TPSA) is 104 Å². The van der Waals surface area contributed by atoms with Crippen molar-refractivity contribution < 1.29 is 23.1 Å². The van der Waals surface area contributed by atoms with Crippen molar-refractivity contribution in [3.05, 3.63) is 28.3 Å². The van der Waals surface area contributed by atoms with E-state index in [0.29, 0.717) is 17.7 Å². The smallest absolute Gasteiger partial charge is 0.325 e. The van der Waals surface area contributed by atoms with E-state index in [0.717, 1.165) is 22.3 Å². The number of piperidine rings is 1. The van der Waals surface area contributed by atoms with Gasteiger partial charge in [0.25, 0.3) is 0 Å². The summed E-state index contributed by atoms with van der Waals surface area (Å²) in [4.78, 5) is 23.4. The third-order valence-corrected chi connectivity index (χ3v) is 7.62. The molecule has 150 valence electrons. The van der Waals surface area contributed by atoms with E-state index in [9.17, 15) is 18.0 Å². The second-order valence-electron chi connectivity index (χ2n) is 7.34. The molecule has 1 aromatic rings. The molecule has 1 fully saturated rings. The largest absolute Gasteiger partial charge is 0.480 e. The van der Waals surface area contributed by atoms with Gasteiger partial charge < -0.3 is 10.4 Å². The molecule has 0 radical (unpaired) electrons. The number of hydrogen-bond acceptors (Lipinski definition) is 4. The summed E-state index contributed by atoms with van der Waals surface area (Å²) >= 11 is 0. The standard InChI is InChI=1S/C19H28N2O5S/c1-11-10-12(2)14(4)17(13(11)3)27(25,26)21-8-6-16(7-9-21)18(22)20-15(5)19(23)24/h10,15-16H,6-9H2,1-5H3,(H,20,22)(H,23,24)/t15-/m1/s1. The Morgan fingerprint density at radius 1 is 1.11 bits per heavy atom. The van der Waals surface area contributed by atoms with E-state index in [4.69, 9.17) is 5.11 Å². The van der Waals surface area contributed by atoms with Gasteiger partial charge in [-0.2, -0.15) is 4.31 Å². The zero-order valence-electron chi connectivity index (χ0n) is 16.5. The first kappa shape index (κ1) is 21.4. The molecule has 1 amide bonds. The normalized spacial score (nSPS) is 17.5. The van der Waals surface area contributed by atoms with Crippen molar-refractivity contribution in [1.82, 2.24) is 9.62 Å². The van der Waals surface area contributed by atoms with Crippen LogP contribution in [0.1, 0.15) is 42.0 Å². The number of aryl methyl sites for hydroxylation is 2. The number of carboxylic acids is 1. The molecular formula is C19H28N2O5S. The van der Waals surface area contributed by atoms with E-state index >= 15 is 0 Å². The third kappa shape index (κ3) is 4.32. The number of nitrogens with one attached hydrogen (secondary N) is 1. The van der Waals surface area contributed by atoms with Crippen LogP contribution >= 0.6 is 0 Å². The number of carbonyl (C=O) groups excluding carboxylic acids is 1. The van der Waals surface area contributed by atoms with Crippen molar-refractivity contribution in [3.63, 3.8) is 0 Å². The molecule has 1 aliphatic rings. The fraction of sp³-hybridized carbons (Fsp3) is 0.579. The number of aliphatic carboxylic acids is 1. The molecule has 0 unspecified atom stereocenters. The van der Waals surface area contributed by atoms with Gasteiger partial charge in [0.2, 0.25) is 15.9 Å². The Hall–Kier alpha value is -1.93. The van der Waals surface area contributed by atoms with Gasteiger partial charge in [0.1, 0.15) is 6.04 Å². The Kier molecular flexibility index (Phi) is 6.32. The molecule has 0 bridgehead atoms. The lowest BCUT2D eigenvalue weighted by Gasteiger charge is -2.32. The molecule has 2 rings (SSSR count). The second-order valence-corrected chi connectivity index (χ2v) is 9.21. The summed E-state index contributed by atoms with van der Waals surface area (Å²) in [7, 11) is -3.65. The van der Waals surface area contributed by atoms with Crippen LogP contribution in [0.4, 0.5) is 0 Å². The highest BCUT2D eigenvalue weighted by atomic mass is 32.2. The molecule has 1 heterocycles. The molecule has 0 saturated carbocycles. The van der Waals surface area contributed by atoms with Crippen molar-refractivity contribution in [1.29, 1.82) is 0 Å². The Morgan fingerprint density at radius 3 is 2.04 bits per heavy atom. The average molecular weight is 397 g/mol. The highest BCUT2D eigenvalue weighted by molar-refractivity contribution is 7.89. The van der Waals surface area contributed by atoms with Crippen molar-refractivity contribution in [2.24, 2.45) is 5.92 Å². The molecule has 0 aliphatic carbocycles. The summed E-state index contributed by atoms with van der Waals surface area (Å²) in [6.45, 7) is 9.35. The van der Waals surface area contributed by atoms with Crippen LogP contribution in [0, 0.1) is 33.6 Å². The lowest BCUT2D eigenvalue weighted by atomic mass is 9.97. The van der Waals surface area contributed by atoms with Crippen LogP contribution in [0.25, 0.3) is 0 Å². The number of carbonyl (C=O) groups is 2. The first-order chi connectivity index (χ1) is 12.5. The summed E-state index contributed by atoms with van der Waals surface area (Å²) in [5.41, 5.74) is 3.39. The number of amides is 1. The summed E-state index contributed by atoms with van der Waals surface area (Å²) in [5, 5.41) is 11.4. The first-order valence-corrected chi connectivity index (χ1v) is 10.5. The minimum Gasteiger partial charge on any atom is -0.480 e. The van der Waals surface area contributed by atoms with E-state index in [-0.39, 0.29) is 24.9 Å². The van der Waals surface area contributed by atoms with Crippen molar-refractivity contribution in [3.8, 4) is 0 Å². The number of benzene rings is 1. The van der Waals surface area contributed by atoms with Crippen LogP contribution in [0.3, 0.4) is 0 Å². The van der Waals surface area contributed by atoms with E-state index in [1.54, 1.807) is 0 Å². The molecule has 0 aromatic heterocycles. The molecule has 0 spiro atoms. The third-order valence-electron chi connectivity index (χ3n) is 5.45. The number of hydrogen-bond donors (Lipinski definition) is 2. The number of carboxylic acid groups (broad SMARTS) is 1. The number of sulfonamides is 1. The molecule has 27 heavy (non-hydrogen) atoms. The van der Waals surface area contributed by atoms with Gasteiger partial charge in [-0.1, -0.05) is 6.07 Å². The maximum Gasteiger partial charge on any atom is 0.325 e. The first-order valence-electron chi connectivity index (χ1n) is 9.07. The highest BCUT2D eigenvalue weighted by Gasteiger charge is 2.34. The van der Waals surface area contributed by atoms with Crippen LogP contribution in [0.2, 0.25) is 0 Å². The van der Waals surface area contributed by atoms with Gasteiger partial charge in [0, 0.05) is 19.0 Å². The summed E-state index contributed by atoms with van der Waals surface area (Å²) in [6.07, 6.45) is 0.751. The van der Waals surface area contributed by atoms with E-state index in [1.165, 1.54) is 11.2 Å². The Bertz CT molecular complexity index is 829. The minimum atomic E-state index is -3.65. The quantitative estimate of drug-likeness (QED) is 0.791. The fourth-order valence-corrected chi connectivity index (χ4v) is 5.49. The van der Waals surface area contributed by atoms with E-state index < -0.39 is 22.0 Å². The second kappa shape index (κ2) is 7.98. The van der Waals surface area contributed by atoms with E-state index in [1.807, 2.05) is 33.8 Å². The molecule has 1 saturated heterocycles. The summed E-state index contributed by atoms with van der Waals surface area (Å²) in [5.74, 6) is -1.80. The Balaban J connectivity index is 2.16. The molecule has 2 N–H and O–H groups in total. The summed E-state index contributed by atoms with van der Waals surface area (Å²) in [6, 6.07) is 1.03. The van der Waals surface area contributed by atoms with Gasteiger partial charge >= 0.3 is 5.97 Å². The molecular weight excluding hydrogens is 368 g/mol. The fourth-order valence-electron chi connectivity index (χ4n) is 3.45. The maximum absolute atomic E-state index is 13.2. The van der Waals surface area contributed by atoms with Gasteiger partial charge in [0.15, 0.2) is 0 Å². The average Bonchev–Trinajstić information content (AvgIpc) is 2.60. The molecule has 1 aliphatic heterocycles. The zero-order valence-corrected chi connectivity index (χ0v) is 17.3. The van der Waals surface area contributed by atoms with Gasteiger partial charge in [-0.15, -0.1) is 0 Å². The lowest BCUT2D eigenvalue weighted by Crippen LogP contribution is -2.46. The number of rotatable bonds is 5. The van der Waals surface area contributed by atoms with Crippen LogP contribution in [0.5, 0.6) is 0 Å². The van der Waals surface area contributed by atoms with Gasteiger partial charge in [0.05, 0.1) is 4.90 Å². The predicted molar refractivity (Wildman–Crippen MR) is 102 cm³/mol. The van der Waals surface area contributed by atoms with Crippen LogP contribution < -0.4 is 5.32 Å². The van der Waals surface area contributed by atoms with Crippen LogP contribution in [-0.4, -0.2) is 48.8 Å². The van der Waals surface area contributed by atoms with Gasteiger partial charge in [-0.3, -0.25) is 9.59 Å². The van der Waals surface area contributed by atoms with Crippen molar-refractivity contribution in [2.75, 3.05) is 13.1 Å². The van der Waals surface area contributed by atoms with Crippen LogP contribution in [-0.2, 0) is 19.6 Å². The predicted octanol–water partition coefficient (Wildman–Crippen LogP) is 1.91. The SMILES string of the molecule is Cc1cc(C)c(C)c(S(=O)(=O)N2CCC(C(=O)N[C@H](C)C(=O)O)CC2)c1C. The van der Waals surface area contributed by atoms with Crippen molar-refractivity contribution >= 4 is 21.9 Å². The van der Waals surface area contributed by atoms with Crippen molar-refractivity contribution in [2.45, 2.75) is 58.4 Å². The monoisotopic (exact) mass is 396 g/mol. The zero-order chi connectivity index (χ0) is 20.5. The Morgan fingerprint density at radius 2 is 1.59 bits per heavy atom. The molecule has 1 aromatic carbocycles. The molecule has 7 nitrogen and oxygen atoms in total.